The van der Waals surface area contributed by atoms with E-state index in [0.717, 1.165) is 25.0 Å². The standard InChI is InChI=1S/C13H20O.C8H14O/c1-4-6-11(5-2)12-7-9-13(14-3)10-8-12;1-2-8(7-9)5-3-4-6-8/h7-11H,4-6H2,1-3H3;7H,2-6H2,1H3. The average Bonchev–Trinajstić information content (AvgIpc) is 3.10. The molecule has 1 saturated carbocycles. The van der Waals surface area contributed by atoms with Gasteiger partial charge in [0.05, 0.1) is 7.11 Å². The molecule has 1 aromatic carbocycles. The second-order valence-electron chi connectivity index (χ2n) is 6.71. The molecule has 0 amide bonds. The molecule has 2 heteroatoms. The van der Waals surface area contributed by atoms with Gasteiger partial charge in [-0.05, 0) is 55.7 Å². The van der Waals surface area contributed by atoms with E-state index in [2.05, 4.69) is 32.9 Å². The highest BCUT2D eigenvalue weighted by molar-refractivity contribution is 5.59. The Morgan fingerprint density at radius 3 is 2.09 bits per heavy atom. The number of carbonyl (C=O) groups excluding carboxylic acids is 1. The summed E-state index contributed by atoms with van der Waals surface area (Å²) in [4.78, 5) is 10.6. The number of hydrogen-bond acceptors (Lipinski definition) is 2. The molecule has 0 radical (unpaired) electrons. The van der Waals surface area contributed by atoms with Crippen LogP contribution in [0.3, 0.4) is 0 Å². The molecule has 0 heterocycles. The van der Waals surface area contributed by atoms with Gasteiger partial charge >= 0.3 is 0 Å². The minimum absolute atomic E-state index is 0.0972. The Balaban J connectivity index is 0.000000253. The van der Waals surface area contributed by atoms with Crippen molar-refractivity contribution >= 4 is 6.29 Å². The Hall–Kier alpha value is -1.31. The quantitative estimate of drug-likeness (QED) is 0.564. The molecule has 23 heavy (non-hydrogen) atoms. The van der Waals surface area contributed by atoms with Crippen molar-refractivity contribution in [2.24, 2.45) is 5.41 Å². The topological polar surface area (TPSA) is 26.3 Å². The molecule has 1 atom stereocenters. The summed E-state index contributed by atoms with van der Waals surface area (Å²) in [6.07, 6.45) is 10.7. The van der Waals surface area contributed by atoms with E-state index in [4.69, 9.17) is 4.74 Å². The summed E-state index contributed by atoms with van der Waals surface area (Å²) in [6.45, 7) is 6.61. The first-order chi connectivity index (χ1) is 11.1. The summed E-state index contributed by atoms with van der Waals surface area (Å²) in [7, 11) is 1.71. The summed E-state index contributed by atoms with van der Waals surface area (Å²) in [5.41, 5.74) is 1.54. The highest BCUT2D eigenvalue weighted by Gasteiger charge is 2.30. The molecule has 2 rings (SSSR count). The van der Waals surface area contributed by atoms with E-state index in [1.807, 2.05) is 12.1 Å². The van der Waals surface area contributed by atoms with Gasteiger partial charge in [0.15, 0.2) is 0 Å². The fourth-order valence-electron chi connectivity index (χ4n) is 3.46. The van der Waals surface area contributed by atoms with Gasteiger partial charge in [0, 0.05) is 5.41 Å². The van der Waals surface area contributed by atoms with E-state index in [1.54, 1.807) is 7.11 Å². The first-order valence-corrected chi connectivity index (χ1v) is 9.25. The molecule has 130 valence electrons. The summed E-state index contributed by atoms with van der Waals surface area (Å²) >= 11 is 0. The van der Waals surface area contributed by atoms with Crippen molar-refractivity contribution in [2.75, 3.05) is 7.11 Å². The van der Waals surface area contributed by atoms with Crippen molar-refractivity contribution in [3.8, 4) is 5.75 Å². The van der Waals surface area contributed by atoms with E-state index < -0.39 is 0 Å². The van der Waals surface area contributed by atoms with Gasteiger partial charge in [0.2, 0.25) is 0 Å². The van der Waals surface area contributed by atoms with Crippen molar-refractivity contribution in [3.63, 3.8) is 0 Å². The van der Waals surface area contributed by atoms with Gasteiger partial charge in [-0.3, -0.25) is 0 Å². The molecule has 0 N–H and O–H groups in total. The van der Waals surface area contributed by atoms with Crippen molar-refractivity contribution in [2.45, 2.75) is 78.1 Å². The van der Waals surface area contributed by atoms with Gasteiger partial charge in [-0.2, -0.15) is 0 Å². The van der Waals surface area contributed by atoms with Gasteiger partial charge in [-0.15, -0.1) is 0 Å². The molecule has 1 aliphatic rings. The highest BCUT2D eigenvalue weighted by Crippen LogP contribution is 2.38. The molecule has 0 saturated heterocycles. The van der Waals surface area contributed by atoms with Crippen LogP contribution in [0.15, 0.2) is 24.3 Å². The molecule has 0 bridgehead atoms. The molecule has 1 aliphatic carbocycles. The fraction of sp³-hybridized carbons (Fsp3) is 0.667. The fourth-order valence-corrected chi connectivity index (χ4v) is 3.46. The van der Waals surface area contributed by atoms with Gasteiger partial charge in [0.1, 0.15) is 12.0 Å². The van der Waals surface area contributed by atoms with Gasteiger partial charge in [-0.1, -0.05) is 52.2 Å². The zero-order chi connectivity index (χ0) is 17.1. The third kappa shape index (κ3) is 6.01. The molecule has 1 aromatic rings. The zero-order valence-corrected chi connectivity index (χ0v) is 15.4. The predicted octanol–water partition coefficient (Wildman–Crippen LogP) is 6.14. The molecular formula is C21H34O2. The number of carbonyl (C=O) groups is 1. The second-order valence-corrected chi connectivity index (χ2v) is 6.71. The van der Waals surface area contributed by atoms with Gasteiger partial charge < -0.3 is 9.53 Å². The number of benzene rings is 1. The van der Waals surface area contributed by atoms with Crippen molar-refractivity contribution in [3.05, 3.63) is 29.8 Å². The monoisotopic (exact) mass is 318 g/mol. The van der Waals surface area contributed by atoms with Crippen LogP contribution in [0.1, 0.15) is 83.6 Å². The minimum atomic E-state index is 0.0972. The van der Waals surface area contributed by atoms with Crippen LogP contribution < -0.4 is 4.74 Å². The van der Waals surface area contributed by atoms with E-state index in [-0.39, 0.29) is 5.41 Å². The van der Waals surface area contributed by atoms with E-state index in [9.17, 15) is 4.79 Å². The third-order valence-electron chi connectivity index (χ3n) is 5.27. The van der Waals surface area contributed by atoms with E-state index >= 15 is 0 Å². The second kappa shape index (κ2) is 10.5. The maximum absolute atomic E-state index is 10.6. The highest BCUT2D eigenvalue weighted by atomic mass is 16.5. The van der Waals surface area contributed by atoms with E-state index in [1.165, 1.54) is 44.0 Å². The molecule has 0 spiro atoms. The number of hydrogen-bond donors (Lipinski definition) is 0. The SMILES string of the molecule is CCC1(C=O)CCCC1.CCCC(CC)c1ccc(OC)cc1. The van der Waals surface area contributed by atoms with Crippen molar-refractivity contribution in [1.29, 1.82) is 0 Å². The van der Waals surface area contributed by atoms with Crippen LogP contribution in [-0.4, -0.2) is 13.4 Å². The minimum Gasteiger partial charge on any atom is -0.497 e. The molecule has 1 unspecified atom stereocenters. The Bertz CT molecular complexity index is 430. The number of rotatable bonds is 7. The van der Waals surface area contributed by atoms with Gasteiger partial charge in [0.25, 0.3) is 0 Å². The number of methoxy groups -OCH3 is 1. The summed E-state index contributed by atoms with van der Waals surface area (Å²) < 4.78 is 5.14. The average molecular weight is 319 g/mol. The smallest absolute Gasteiger partial charge is 0.126 e. The maximum Gasteiger partial charge on any atom is 0.126 e. The van der Waals surface area contributed by atoms with Crippen LogP contribution in [0.25, 0.3) is 0 Å². The summed E-state index contributed by atoms with van der Waals surface area (Å²) in [6, 6.07) is 8.46. The Labute approximate surface area is 142 Å². The number of aldehydes is 1. The first-order valence-electron chi connectivity index (χ1n) is 9.25. The van der Waals surface area contributed by atoms with Crippen LogP contribution in [-0.2, 0) is 4.79 Å². The van der Waals surface area contributed by atoms with Crippen molar-refractivity contribution in [1.82, 2.24) is 0 Å². The number of ether oxygens (including phenoxy) is 1. The Kier molecular flexibility index (Phi) is 8.98. The van der Waals surface area contributed by atoms with Crippen molar-refractivity contribution < 1.29 is 9.53 Å². The lowest BCUT2D eigenvalue weighted by atomic mass is 9.85. The first kappa shape index (κ1) is 19.7. The lowest BCUT2D eigenvalue weighted by molar-refractivity contribution is -0.116. The predicted molar refractivity (Wildman–Crippen MR) is 98.2 cm³/mol. The van der Waals surface area contributed by atoms with Crippen LogP contribution >= 0.6 is 0 Å². The molecule has 0 aliphatic heterocycles. The normalized spacial score (nSPS) is 17.0. The molecular weight excluding hydrogens is 284 g/mol. The Morgan fingerprint density at radius 1 is 1.13 bits per heavy atom. The summed E-state index contributed by atoms with van der Waals surface area (Å²) in [5.74, 6) is 1.66. The maximum atomic E-state index is 10.6. The Morgan fingerprint density at radius 2 is 1.74 bits per heavy atom. The molecule has 2 nitrogen and oxygen atoms in total. The van der Waals surface area contributed by atoms with Crippen LogP contribution in [0.5, 0.6) is 5.75 Å². The summed E-state index contributed by atoms with van der Waals surface area (Å²) in [5, 5.41) is 0. The lowest BCUT2D eigenvalue weighted by Gasteiger charge is -2.17. The van der Waals surface area contributed by atoms with E-state index in [0.29, 0.717) is 5.92 Å². The molecule has 1 fully saturated rings. The van der Waals surface area contributed by atoms with Crippen LogP contribution in [0.4, 0.5) is 0 Å². The molecule has 0 aromatic heterocycles. The lowest BCUT2D eigenvalue weighted by Crippen LogP contribution is -2.15. The van der Waals surface area contributed by atoms with Crippen LogP contribution in [0, 0.1) is 5.41 Å². The largest absolute Gasteiger partial charge is 0.497 e. The van der Waals surface area contributed by atoms with Crippen LogP contribution in [0.2, 0.25) is 0 Å². The zero-order valence-electron chi connectivity index (χ0n) is 15.4. The van der Waals surface area contributed by atoms with Gasteiger partial charge in [-0.25, -0.2) is 0 Å². The third-order valence-corrected chi connectivity index (χ3v) is 5.27.